The summed E-state index contributed by atoms with van der Waals surface area (Å²) in [4.78, 5) is 0. The van der Waals surface area contributed by atoms with Gasteiger partial charge in [-0.2, -0.15) is 0 Å². The third kappa shape index (κ3) is 3.68. The van der Waals surface area contributed by atoms with E-state index in [-0.39, 0.29) is 5.92 Å². The van der Waals surface area contributed by atoms with Crippen LogP contribution < -0.4 is 0 Å². The predicted octanol–water partition coefficient (Wildman–Crippen LogP) is 4.55. The maximum Gasteiger partial charge on any atom is 0.0858 e. The monoisotopic (exact) mass is 254 g/mol. The van der Waals surface area contributed by atoms with Crippen LogP contribution in [0.3, 0.4) is 0 Å². The first kappa shape index (κ1) is 13.8. The maximum atomic E-state index is 10.7. The lowest BCUT2D eigenvalue weighted by molar-refractivity contribution is 0.134. The first-order valence-electron chi connectivity index (χ1n) is 6.96. The smallest absolute Gasteiger partial charge is 0.0858 e. The SMILES string of the molecule is CC(C)C[C@H](c1ccccc1)[C@H](O)c1ccccc1. The molecular weight excluding hydrogens is 232 g/mol. The zero-order valence-corrected chi connectivity index (χ0v) is 11.7. The Labute approximate surface area is 115 Å². The van der Waals surface area contributed by atoms with Crippen molar-refractivity contribution < 1.29 is 5.11 Å². The van der Waals surface area contributed by atoms with Crippen LogP contribution in [0.15, 0.2) is 60.7 Å². The van der Waals surface area contributed by atoms with Crippen LogP contribution in [0.2, 0.25) is 0 Å². The Morgan fingerprint density at radius 3 is 1.74 bits per heavy atom. The molecule has 100 valence electrons. The van der Waals surface area contributed by atoms with Crippen LogP contribution in [-0.4, -0.2) is 5.11 Å². The van der Waals surface area contributed by atoms with Crippen molar-refractivity contribution in [3.8, 4) is 0 Å². The van der Waals surface area contributed by atoms with Crippen LogP contribution in [0.25, 0.3) is 0 Å². The van der Waals surface area contributed by atoms with Crippen molar-refractivity contribution in [3.05, 3.63) is 71.8 Å². The van der Waals surface area contributed by atoms with Crippen molar-refractivity contribution in [3.63, 3.8) is 0 Å². The van der Waals surface area contributed by atoms with E-state index in [1.807, 2.05) is 48.5 Å². The highest BCUT2D eigenvalue weighted by Crippen LogP contribution is 2.35. The summed E-state index contributed by atoms with van der Waals surface area (Å²) >= 11 is 0. The van der Waals surface area contributed by atoms with Crippen molar-refractivity contribution in [2.45, 2.75) is 32.3 Å². The van der Waals surface area contributed by atoms with Crippen LogP contribution in [0.4, 0.5) is 0 Å². The van der Waals surface area contributed by atoms with Gasteiger partial charge < -0.3 is 5.11 Å². The highest BCUT2D eigenvalue weighted by atomic mass is 16.3. The van der Waals surface area contributed by atoms with Crippen LogP contribution in [-0.2, 0) is 0 Å². The molecule has 0 unspecified atom stereocenters. The Morgan fingerprint density at radius 1 is 0.789 bits per heavy atom. The van der Waals surface area contributed by atoms with Gasteiger partial charge in [-0.25, -0.2) is 0 Å². The Hall–Kier alpha value is -1.60. The molecule has 2 rings (SSSR count). The Bertz CT molecular complexity index is 476. The fourth-order valence-electron chi connectivity index (χ4n) is 2.54. The molecule has 2 aromatic carbocycles. The molecule has 1 nitrogen and oxygen atoms in total. The largest absolute Gasteiger partial charge is 0.388 e. The van der Waals surface area contributed by atoms with Gasteiger partial charge in [-0.3, -0.25) is 0 Å². The molecule has 2 aromatic rings. The van der Waals surface area contributed by atoms with Gasteiger partial charge in [0.2, 0.25) is 0 Å². The van der Waals surface area contributed by atoms with E-state index < -0.39 is 6.10 Å². The van der Waals surface area contributed by atoms with Gasteiger partial charge in [0.05, 0.1) is 6.10 Å². The van der Waals surface area contributed by atoms with E-state index in [0.29, 0.717) is 5.92 Å². The van der Waals surface area contributed by atoms with Crippen LogP contribution in [0.1, 0.15) is 43.4 Å². The summed E-state index contributed by atoms with van der Waals surface area (Å²) in [7, 11) is 0. The van der Waals surface area contributed by atoms with Crippen molar-refractivity contribution in [1.29, 1.82) is 0 Å². The minimum atomic E-state index is -0.439. The molecule has 0 aliphatic rings. The quantitative estimate of drug-likeness (QED) is 0.830. The molecule has 0 bridgehead atoms. The van der Waals surface area contributed by atoms with E-state index in [4.69, 9.17) is 0 Å². The molecule has 0 saturated heterocycles. The lowest BCUT2D eigenvalue weighted by Gasteiger charge is -2.25. The molecule has 0 saturated carbocycles. The van der Waals surface area contributed by atoms with E-state index in [9.17, 15) is 5.11 Å². The summed E-state index contributed by atoms with van der Waals surface area (Å²) in [6.07, 6.45) is 0.547. The number of hydrogen-bond acceptors (Lipinski definition) is 1. The van der Waals surface area contributed by atoms with E-state index in [2.05, 4.69) is 26.0 Å². The maximum absolute atomic E-state index is 10.7. The van der Waals surface area contributed by atoms with Crippen molar-refractivity contribution in [2.24, 2.45) is 5.92 Å². The molecule has 1 heteroatoms. The van der Waals surface area contributed by atoms with E-state index in [0.717, 1.165) is 12.0 Å². The van der Waals surface area contributed by atoms with Gasteiger partial charge in [0.15, 0.2) is 0 Å². The molecule has 0 spiro atoms. The number of rotatable bonds is 5. The molecule has 0 aliphatic heterocycles. The van der Waals surface area contributed by atoms with Gasteiger partial charge in [0.1, 0.15) is 0 Å². The van der Waals surface area contributed by atoms with Gasteiger partial charge in [-0.15, -0.1) is 0 Å². The third-order valence-corrected chi connectivity index (χ3v) is 3.48. The van der Waals surface area contributed by atoms with Crippen LogP contribution >= 0.6 is 0 Å². The lowest BCUT2D eigenvalue weighted by atomic mass is 9.83. The van der Waals surface area contributed by atoms with E-state index in [1.54, 1.807) is 0 Å². The molecule has 0 radical (unpaired) electrons. The zero-order chi connectivity index (χ0) is 13.7. The molecule has 0 amide bonds. The highest BCUT2D eigenvalue weighted by Gasteiger charge is 2.23. The first-order valence-corrected chi connectivity index (χ1v) is 6.96. The highest BCUT2D eigenvalue weighted by molar-refractivity contribution is 5.26. The number of aliphatic hydroxyl groups is 1. The van der Waals surface area contributed by atoms with Crippen LogP contribution in [0.5, 0.6) is 0 Å². The third-order valence-electron chi connectivity index (χ3n) is 3.48. The topological polar surface area (TPSA) is 20.2 Å². The van der Waals surface area contributed by atoms with Crippen molar-refractivity contribution in [2.75, 3.05) is 0 Å². The van der Waals surface area contributed by atoms with E-state index >= 15 is 0 Å². The number of hydrogen-bond donors (Lipinski definition) is 1. The second-order valence-corrected chi connectivity index (χ2v) is 5.50. The normalized spacial score (nSPS) is 14.3. The standard InChI is InChI=1S/C18H22O/c1-14(2)13-17(15-9-5-3-6-10-15)18(19)16-11-7-4-8-12-16/h3-12,14,17-19H,13H2,1-2H3/t17-,18-/m1/s1. The lowest BCUT2D eigenvalue weighted by Crippen LogP contribution is -2.13. The first-order chi connectivity index (χ1) is 9.18. The van der Waals surface area contributed by atoms with Crippen molar-refractivity contribution >= 4 is 0 Å². The summed E-state index contributed by atoms with van der Waals surface area (Å²) in [5.74, 6) is 0.715. The number of aliphatic hydroxyl groups excluding tert-OH is 1. The number of benzene rings is 2. The van der Waals surface area contributed by atoms with Gasteiger partial charge in [-0.05, 0) is 23.5 Å². The second-order valence-electron chi connectivity index (χ2n) is 5.50. The summed E-state index contributed by atoms with van der Waals surface area (Å²) in [6, 6.07) is 20.3. The molecule has 0 aliphatic carbocycles. The molecule has 0 fully saturated rings. The summed E-state index contributed by atoms with van der Waals surface area (Å²) < 4.78 is 0. The molecule has 0 aromatic heterocycles. The Morgan fingerprint density at radius 2 is 1.26 bits per heavy atom. The fourth-order valence-corrected chi connectivity index (χ4v) is 2.54. The molecule has 2 atom stereocenters. The average Bonchev–Trinajstić information content (AvgIpc) is 2.46. The minimum absolute atomic E-state index is 0.156. The molecular formula is C18H22O. The molecule has 0 heterocycles. The predicted molar refractivity (Wildman–Crippen MR) is 80.0 cm³/mol. The Kier molecular flexibility index (Phi) is 4.75. The molecule has 1 N–H and O–H groups in total. The van der Waals surface area contributed by atoms with E-state index in [1.165, 1.54) is 5.56 Å². The van der Waals surface area contributed by atoms with Crippen LogP contribution in [0, 0.1) is 5.92 Å². The van der Waals surface area contributed by atoms with Gasteiger partial charge in [-0.1, -0.05) is 74.5 Å². The minimum Gasteiger partial charge on any atom is -0.388 e. The summed E-state index contributed by atoms with van der Waals surface area (Å²) in [6.45, 7) is 4.40. The van der Waals surface area contributed by atoms with Gasteiger partial charge in [0.25, 0.3) is 0 Å². The van der Waals surface area contributed by atoms with Crippen molar-refractivity contribution in [1.82, 2.24) is 0 Å². The zero-order valence-electron chi connectivity index (χ0n) is 11.7. The molecule has 19 heavy (non-hydrogen) atoms. The van der Waals surface area contributed by atoms with Gasteiger partial charge in [0, 0.05) is 5.92 Å². The summed E-state index contributed by atoms with van der Waals surface area (Å²) in [5.41, 5.74) is 2.21. The summed E-state index contributed by atoms with van der Waals surface area (Å²) in [5, 5.41) is 10.7. The average molecular weight is 254 g/mol. The second kappa shape index (κ2) is 6.53. The Balaban J connectivity index is 2.28. The fraction of sp³-hybridized carbons (Fsp3) is 0.333. The van der Waals surface area contributed by atoms with Gasteiger partial charge >= 0.3 is 0 Å².